The fraction of sp³-hybridized carbons (Fsp3) is 0.316. The van der Waals surface area contributed by atoms with Crippen molar-refractivity contribution in [3.63, 3.8) is 0 Å². The Labute approximate surface area is 136 Å². The van der Waals surface area contributed by atoms with E-state index in [9.17, 15) is 0 Å². The quantitative estimate of drug-likeness (QED) is 0.719. The number of nitrogens with zero attached hydrogens (tertiary/aromatic N) is 4. The fourth-order valence-corrected chi connectivity index (χ4v) is 3.19. The van der Waals surface area contributed by atoms with E-state index in [-0.39, 0.29) is 0 Å². The Balaban J connectivity index is 1.84. The second-order valence-electron chi connectivity index (χ2n) is 6.31. The van der Waals surface area contributed by atoms with Gasteiger partial charge in [-0.15, -0.1) is 0 Å². The maximum Gasteiger partial charge on any atom is 0.138 e. The second kappa shape index (κ2) is 5.95. The lowest BCUT2D eigenvalue weighted by molar-refractivity contribution is 0.437. The minimum Gasteiger partial charge on any atom is -0.356 e. The molecule has 3 aromatic rings. The van der Waals surface area contributed by atoms with Gasteiger partial charge in [0.1, 0.15) is 5.82 Å². The third-order valence-corrected chi connectivity index (χ3v) is 4.64. The molecule has 3 aromatic heterocycles. The molecule has 0 saturated carbocycles. The first kappa shape index (κ1) is 14.1. The number of rotatable bonds is 2. The van der Waals surface area contributed by atoms with Crippen LogP contribution in [0.1, 0.15) is 19.8 Å². The molecule has 0 atom stereocenters. The van der Waals surface area contributed by atoms with Gasteiger partial charge in [-0.2, -0.15) is 0 Å². The molecular formula is C19H20N4. The summed E-state index contributed by atoms with van der Waals surface area (Å²) in [4.78, 5) is 16.0. The van der Waals surface area contributed by atoms with Crippen LogP contribution in [0.25, 0.3) is 22.2 Å². The van der Waals surface area contributed by atoms with Gasteiger partial charge in [0.2, 0.25) is 0 Å². The molecule has 0 aromatic carbocycles. The first-order chi connectivity index (χ1) is 11.3. The number of pyridine rings is 3. The van der Waals surface area contributed by atoms with Crippen molar-refractivity contribution in [1.29, 1.82) is 0 Å². The molecule has 4 rings (SSSR count). The van der Waals surface area contributed by atoms with Crippen LogP contribution in [0.5, 0.6) is 0 Å². The van der Waals surface area contributed by atoms with E-state index in [1.807, 2.05) is 36.8 Å². The topological polar surface area (TPSA) is 41.9 Å². The molecule has 1 aliphatic heterocycles. The minimum absolute atomic E-state index is 0.805. The zero-order chi connectivity index (χ0) is 15.6. The third kappa shape index (κ3) is 2.77. The van der Waals surface area contributed by atoms with Gasteiger partial charge in [-0.3, -0.25) is 9.97 Å². The first-order valence-electron chi connectivity index (χ1n) is 8.22. The highest BCUT2D eigenvalue weighted by atomic mass is 15.2. The zero-order valence-corrected chi connectivity index (χ0v) is 13.3. The largest absolute Gasteiger partial charge is 0.356 e. The predicted molar refractivity (Wildman–Crippen MR) is 93.4 cm³/mol. The van der Waals surface area contributed by atoms with E-state index < -0.39 is 0 Å². The van der Waals surface area contributed by atoms with E-state index in [0.29, 0.717) is 0 Å². The van der Waals surface area contributed by atoms with Crippen molar-refractivity contribution in [3.05, 3.63) is 48.9 Å². The van der Waals surface area contributed by atoms with E-state index >= 15 is 0 Å². The van der Waals surface area contributed by atoms with Crippen molar-refractivity contribution in [2.75, 3.05) is 18.0 Å². The molecule has 4 heterocycles. The zero-order valence-electron chi connectivity index (χ0n) is 13.3. The Kier molecular flexibility index (Phi) is 3.66. The summed E-state index contributed by atoms with van der Waals surface area (Å²) in [5.41, 5.74) is 3.05. The van der Waals surface area contributed by atoms with Crippen molar-refractivity contribution < 1.29 is 0 Å². The summed E-state index contributed by atoms with van der Waals surface area (Å²) in [7, 11) is 0. The molecule has 0 N–H and O–H groups in total. The number of hydrogen-bond donors (Lipinski definition) is 0. The molecule has 0 amide bonds. The average molecular weight is 304 g/mol. The van der Waals surface area contributed by atoms with Crippen LogP contribution in [0.3, 0.4) is 0 Å². The van der Waals surface area contributed by atoms with Crippen LogP contribution in [0.4, 0.5) is 5.82 Å². The highest BCUT2D eigenvalue weighted by Gasteiger charge is 2.20. The van der Waals surface area contributed by atoms with Crippen molar-refractivity contribution in [2.24, 2.45) is 5.92 Å². The lowest BCUT2D eigenvalue weighted by Gasteiger charge is -2.32. The Morgan fingerprint density at radius 1 is 1.04 bits per heavy atom. The summed E-state index contributed by atoms with van der Waals surface area (Å²) in [5.74, 6) is 1.87. The SMILES string of the molecule is CC1CCN(c2nc(-c3ccncc3)cc3ncccc23)CC1. The van der Waals surface area contributed by atoms with E-state index in [2.05, 4.69) is 33.9 Å². The van der Waals surface area contributed by atoms with Gasteiger partial charge in [-0.25, -0.2) is 4.98 Å². The highest BCUT2D eigenvalue weighted by Crippen LogP contribution is 2.31. The summed E-state index contributed by atoms with van der Waals surface area (Å²) in [5, 5.41) is 1.14. The smallest absolute Gasteiger partial charge is 0.138 e. The molecule has 0 unspecified atom stereocenters. The van der Waals surface area contributed by atoms with Crippen LogP contribution in [-0.2, 0) is 0 Å². The predicted octanol–water partition coefficient (Wildman–Crippen LogP) is 3.93. The summed E-state index contributed by atoms with van der Waals surface area (Å²) in [6.07, 6.45) is 7.91. The standard InChI is InChI=1S/C19H20N4/c1-14-6-11-23(12-7-14)19-16-3-2-8-21-18(16)13-17(22-19)15-4-9-20-10-5-15/h2-5,8-10,13-14H,6-7,11-12H2,1H3. The van der Waals surface area contributed by atoms with E-state index in [4.69, 9.17) is 4.98 Å². The van der Waals surface area contributed by atoms with Gasteiger partial charge in [-0.05, 0) is 49.1 Å². The lowest BCUT2D eigenvalue weighted by atomic mass is 9.99. The molecule has 4 heteroatoms. The van der Waals surface area contributed by atoms with Crippen LogP contribution in [0.15, 0.2) is 48.9 Å². The highest BCUT2D eigenvalue weighted by molar-refractivity contribution is 5.92. The van der Waals surface area contributed by atoms with Crippen LogP contribution < -0.4 is 4.90 Å². The maximum atomic E-state index is 4.98. The molecule has 116 valence electrons. The molecule has 0 spiro atoms. The van der Waals surface area contributed by atoms with Gasteiger partial charge >= 0.3 is 0 Å². The Hall–Kier alpha value is -2.49. The molecular weight excluding hydrogens is 284 g/mol. The summed E-state index contributed by atoms with van der Waals surface area (Å²) < 4.78 is 0. The van der Waals surface area contributed by atoms with Crippen molar-refractivity contribution >= 4 is 16.7 Å². The fourth-order valence-electron chi connectivity index (χ4n) is 3.19. The maximum absolute atomic E-state index is 4.98. The number of aromatic nitrogens is 3. The third-order valence-electron chi connectivity index (χ3n) is 4.64. The van der Waals surface area contributed by atoms with Crippen LogP contribution in [-0.4, -0.2) is 28.0 Å². The normalized spacial score (nSPS) is 16.0. The number of hydrogen-bond acceptors (Lipinski definition) is 4. The van der Waals surface area contributed by atoms with Crippen LogP contribution in [0.2, 0.25) is 0 Å². The van der Waals surface area contributed by atoms with E-state index in [0.717, 1.165) is 47.0 Å². The Morgan fingerprint density at radius 2 is 1.83 bits per heavy atom. The van der Waals surface area contributed by atoms with Crippen LogP contribution >= 0.6 is 0 Å². The molecule has 0 bridgehead atoms. The second-order valence-corrected chi connectivity index (χ2v) is 6.31. The molecule has 0 aliphatic carbocycles. The monoisotopic (exact) mass is 304 g/mol. The lowest BCUT2D eigenvalue weighted by Crippen LogP contribution is -2.33. The van der Waals surface area contributed by atoms with Crippen molar-refractivity contribution in [3.8, 4) is 11.3 Å². The number of piperidine rings is 1. The molecule has 1 aliphatic rings. The molecule has 4 nitrogen and oxygen atoms in total. The molecule has 23 heavy (non-hydrogen) atoms. The number of anilines is 1. The van der Waals surface area contributed by atoms with Gasteiger partial charge in [0, 0.05) is 42.6 Å². The van der Waals surface area contributed by atoms with Gasteiger partial charge in [0.05, 0.1) is 11.2 Å². The van der Waals surface area contributed by atoms with Gasteiger partial charge in [-0.1, -0.05) is 6.92 Å². The molecule has 1 fully saturated rings. The summed E-state index contributed by atoms with van der Waals surface area (Å²) in [6.45, 7) is 4.47. The minimum atomic E-state index is 0.805. The Bertz CT molecular complexity index is 808. The Morgan fingerprint density at radius 3 is 2.61 bits per heavy atom. The van der Waals surface area contributed by atoms with Crippen molar-refractivity contribution in [2.45, 2.75) is 19.8 Å². The van der Waals surface area contributed by atoms with Gasteiger partial charge < -0.3 is 4.90 Å². The van der Waals surface area contributed by atoms with Crippen molar-refractivity contribution in [1.82, 2.24) is 15.0 Å². The van der Waals surface area contributed by atoms with E-state index in [1.54, 1.807) is 0 Å². The van der Waals surface area contributed by atoms with Gasteiger partial charge in [0.25, 0.3) is 0 Å². The first-order valence-corrected chi connectivity index (χ1v) is 8.22. The summed E-state index contributed by atoms with van der Waals surface area (Å²) >= 11 is 0. The molecule has 0 radical (unpaired) electrons. The van der Waals surface area contributed by atoms with Crippen LogP contribution in [0, 0.1) is 5.92 Å². The summed E-state index contributed by atoms with van der Waals surface area (Å²) in [6, 6.07) is 10.2. The average Bonchev–Trinajstić information content (AvgIpc) is 2.62. The number of fused-ring (bicyclic) bond motifs is 1. The molecule has 1 saturated heterocycles. The van der Waals surface area contributed by atoms with E-state index in [1.165, 1.54) is 12.8 Å². The van der Waals surface area contributed by atoms with Gasteiger partial charge in [0.15, 0.2) is 0 Å².